The zero-order valence-electron chi connectivity index (χ0n) is 13.9. The van der Waals surface area contributed by atoms with E-state index < -0.39 is 16.1 Å². The van der Waals surface area contributed by atoms with Crippen LogP contribution in [0.25, 0.3) is 6.08 Å². The average Bonchev–Trinajstić information content (AvgIpc) is 2.87. The Labute approximate surface area is 168 Å². The van der Waals surface area contributed by atoms with Crippen LogP contribution in [-0.4, -0.2) is 21.0 Å². The minimum absolute atomic E-state index is 0.0428. The van der Waals surface area contributed by atoms with E-state index in [0.717, 1.165) is 16.7 Å². The summed E-state index contributed by atoms with van der Waals surface area (Å²) in [5, 5.41) is 11.4. The summed E-state index contributed by atoms with van der Waals surface area (Å²) < 4.78 is 0. The van der Waals surface area contributed by atoms with Crippen LogP contribution in [0, 0.1) is 17.0 Å². The van der Waals surface area contributed by atoms with Gasteiger partial charge < -0.3 is 0 Å². The van der Waals surface area contributed by atoms with Gasteiger partial charge in [-0.25, -0.2) is 0 Å². The van der Waals surface area contributed by atoms with Crippen molar-refractivity contribution in [2.75, 3.05) is 0 Å². The fraction of sp³-hybridized carbons (Fsp3) is 0.111. The lowest BCUT2D eigenvalue weighted by Crippen LogP contribution is -2.27. The van der Waals surface area contributed by atoms with E-state index in [1.54, 1.807) is 37.3 Å². The number of nitrogens with zero attached hydrogens (tertiary/aromatic N) is 2. The van der Waals surface area contributed by atoms with Crippen LogP contribution in [0.2, 0.25) is 10.0 Å². The van der Waals surface area contributed by atoms with Gasteiger partial charge in [0.1, 0.15) is 0 Å². The lowest BCUT2D eigenvalue weighted by Gasteiger charge is -2.12. The second kappa shape index (κ2) is 7.72. The average molecular weight is 423 g/mol. The number of thioether (sulfide) groups is 1. The molecule has 27 heavy (non-hydrogen) atoms. The molecule has 0 aromatic heterocycles. The monoisotopic (exact) mass is 422 g/mol. The molecule has 1 heterocycles. The van der Waals surface area contributed by atoms with Crippen molar-refractivity contribution in [1.82, 2.24) is 4.90 Å². The number of carbonyl (C=O) groups is 2. The van der Waals surface area contributed by atoms with Gasteiger partial charge in [0, 0.05) is 11.6 Å². The molecule has 0 atom stereocenters. The standard InChI is InChI=1S/C18H12Cl2N2O4S/c1-10-2-3-11(7-15(10)22(25)26)8-16-17(23)21(18(24)27-16)9-12-4-5-13(19)14(20)6-12/h2-8H,9H2,1H3/b16-8-. The molecule has 0 aliphatic carbocycles. The molecule has 1 aliphatic heterocycles. The van der Waals surface area contributed by atoms with Crippen LogP contribution in [0.1, 0.15) is 16.7 Å². The van der Waals surface area contributed by atoms with Gasteiger partial charge in [0.2, 0.25) is 0 Å². The first-order valence-electron chi connectivity index (χ1n) is 7.70. The third-order valence-electron chi connectivity index (χ3n) is 3.93. The highest BCUT2D eigenvalue weighted by atomic mass is 35.5. The predicted molar refractivity (Wildman–Crippen MR) is 106 cm³/mol. The van der Waals surface area contributed by atoms with E-state index in [1.165, 1.54) is 12.1 Å². The van der Waals surface area contributed by atoms with Crippen molar-refractivity contribution in [3.05, 3.63) is 78.2 Å². The normalized spacial score (nSPS) is 15.7. The summed E-state index contributed by atoms with van der Waals surface area (Å²) >= 11 is 12.6. The van der Waals surface area contributed by atoms with Crippen molar-refractivity contribution in [1.29, 1.82) is 0 Å². The van der Waals surface area contributed by atoms with E-state index in [9.17, 15) is 19.7 Å². The van der Waals surface area contributed by atoms with Gasteiger partial charge in [-0.2, -0.15) is 0 Å². The number of amides is 2. The third-order valence-corrected chi connectivity index (χ3v) is 5.57. The largest absolute Gasteiger partial charge is 0.293 e. The van der Waals surface area contributed by atoms with Crippen molar-refractivity contribution >= 4 is 57.9 Å². The number of halogens is 2. The number of nitro groups is 1. The maximum absolute atomic E-state index is 12.6. The molecule has 0 N–H and O–H groups in total. The first kappa shape index (κ1) is 19.4. The number of benzene rings is 2. The van der Waals surface area contributed by atoms with Crippen LogP contribution < -0.4 is 0 Å². The molecule has 6 nitrogen and oxygen atoms in total. The number of hydrogen-bond acceptors (Lipinski definition) is 5. The smallest absolute Gasteiger partial charge is 0.268 e. The number of hydrogen-bond donors (Lipinski definition) is 0. The van der Waals surface area contributed by atoms with E-state index in [4.69, 9.17) is 23.2 Å². The Hall–Kier alpha value is -2.35. The van der Waals surface area contributed by atoms with Crippen LogP contribution in [-0.2, 0) is 11.3 Å². The molecule has 3 rings (SSSR count). The fourth-order valence-electron chi connectivity index (χ4n) is 2.52. The van der Waals surface area contributed by atoms with Crippen LogP contribution in [0.3, 0.4) is 0 Å². The predicted octanol–water partition coefficient (Wildman–Crippen LogP) is 5.45. The maximum atomic E-state index is 12.6. The molecule has 0 bridgehead atoms. The highest BCUT2D eigenvalue weighted by molar-refractivity contribution is 8.18. The molecular weight excluding hydrogens is 411 g/mol. The molecular formula is C18H12Cl2N2O4S. The molecule has 1 fully saturated rings. The van der Waals surface area contributed by atoms with Gasteiger partial charge in [-0.05, 0) is 48.0 Å². The Kier molecular flexibility index (Phi) is 5.55. The molecule has 138 valence electrons. The summed E-state index contributed by atoms with van der Waals surface area (Å²) in [7, 11) is 0. The minimum Gasteiger partial charge on any atom is -0.268 e. The third kappa shape index (κ3) is 4.16. The van der Waals surface area contributed by atoms with Crippen molar-refractivity contribution in [2.24, 2.45) is 0 Å². The molecule has 0 spiro atoms. The van der Waals surface area contributed by atoms with Crippen molar-refractivity contribution in [3.8, 4) is 0 Å². The van der Waals surface area contributed by atoms with Gasteiger partial charge in [0.15, 0.2) is 0 Å². The van der Waals surface area contributed by atoms with Crippen molar-refractivity contribution in [2.45, 2.75) is 13.5 Å². The molecule has 2 aromatic rings. The molecule has 0 unspecified atom stereocenters. The molecule has 2 amide bonds. The summed E-state index contributed by atoms with van der Waals surface area (Å²) in [6.45, 7) is 1.69. The van der Waals surface area contributed by atoms with Crippen molar-refractivity contribution < 1.29 is 14.5 Å². The number of nitro benzene ring substituents is 1. The van der Waals surface area contributed by atoms with Crippen LogP contribution >= 0.6 is 35.0 Å². The highest BCUT2D eigenvalue weighted by Gasteiger charge is 2.35. The first-order chi connectivity index (χ1) is 12.8. The van der Waals surface area contributed by atoms with E-state index in [2.05, 4.69) is 0 Å². The minimum atomic E-state index is -0.483. The summed E-state index contributed by atoms with van der Waals surface area (Å²) in [5.41, 5.74) is 1.62. The number of rotatable bonds is 4. The Morgan fingerprint density at radius 2 is 1.89 bits per heavy atom. The SMILES string of the molecule is Cc1ccc(/C=C2\SC(=O)N(Cc3ccc(Cl)c(Cl)c3)C2=O)cc1[N+](=O)[O-]. The molecule has 9 heteroatoms. The number of imide groups is 1. The van der Waals surface area contributed by atoms with E-state index >= 15 is 0 Å². The summed E-state index contributed by atoms with van der Waals surface area (Å²) in [6, 6.07) is 9.52. The summed E-state index contributed by atoms with van der Waals surface area (Å²) in [5.74, 6) is -0.459. The van der Waals surface area contributed by atoms with Gasteiger partial charge in [0.05, 0.1) is 26.4 Å². The molecule has 1 saturated heterocycles. The fourth-order valence-corrected chi connectivity index (χ4v) is 3.68. The van der Waals surface area contributed by atoms with Gasteiger partial charge in [-0.3, -0.25) is 24.6 Å². The van der Waals surface area contributed by atoms with E-state index in [0.29, 0.717) is 26.7 Å². The maximum Gasteiger partial charge on any atom is 0.293 e. The molecule has 0 saturated carbocycles. The Balaban J connectivity index is 1.85. The van der Waals surface area contributed by atoms with E-state index in [-0.39, 0.29) is 17.1 Å². The molecule has 0 radical (unpaired) electrons. The Morgan fingerprint density at radius 1 is 1.15 bits per heavy atom. The summed E-state index contributed by atoms with van der Waals surface area (Å²) in [6.07, 6.45) is 1.48. The Morgan fingerprint density at radius 3 is 2.56 bits per heavy atom. The second-order valence-electron chi connectivity index (χ2n) is 5.82. The second-order valence-corrected chi connectivity index (χ2v) is 7.63. The van der Waals surface area contributed by atoms with Crippen LogP contribution in [0.15, 0.2) is 41.3 Å². The van der Waals surface area contributed by atoms with Gasteiger partial charge >= 0.3 is 0 Å². The van der Waals surface area contributed by atoms with Gasteiger partial charge in [-0.1, -0.05) is 41.4 Å². The van der Waals surface area contributed by atoms with Crippen molar-refractivity contribution in [3.63, 3.8) is 0 Å². The topological polar surface area (TPSA) is 80.5 Å². The van der Waals surface area contributed by atoms with E-state index in [1.807, 2.05) is 0 Å². The number of aryl methyl sites for hydroxylation is 1. The first-order valence-corrected chi connectivity index (χ1v) is 9.28. The Bertz CT molecular complexity index is 1010. The lowest BCUT2D eigenvalue weighted by atomic mass is 10.1. The van der Waals surface area contributed by atoms with Crippen LogP contribution in [0.5, 0.6) is 0 Å². The quantitative estimate of drug-likeness (QED) is 0.371. The number of carbonyl (C=O) groups excluding carboxylic acids is 2. The molecule has 1 aliphatic rings. The van der Waals surface area contributed by atoms with Gasteiger partial charge in [-0.15, -0.1) is 0 Å². The zero-order valence-corrected chi connectivity index (χ0v) is 16.3. The zero-order chi connectivity index (χ0) is 19.7. The highest BCUT2D eigenvalue weighted by Crippen LogP contribution is 2.34. The summed E-state index contributed by atoms with van der Waals surface area (Å²) in [4.78, 5) is 36.7. The van der Waals surface area contributed by atoms with Gasteiger partial charge in [0.25, 0.3) is 16.8 Å². The van der Waals surface area contributed by atoms with Crippen LogP contribution in [0.4, 0.5) is 10.5 Å². The molecule has 2 aromatic carbocycles. The lowest BCUT2D eigenvalue weighted by molar-refractivity contribution is -0.385.